The maximum absolute atomic E-state index is 12.2. The summed E-state index contributed by atoms with van der Waals surface area (Å²) in [6.45, 7) is 9.55. The first-order valence-electron chi connectivity index (χ1n) is 7.61. The summed E-state index contributed by atoms with van der Waals surface area (Å²) in [6.07, 6.45) is 4.22. The lowest BCUT2D eigenvalue weighted by Gasteiger charge is -2.49. The second-order valence-corrected chi connectivity index (χ2v) is 6.62. The topological polar surface area (TPSA) is 56.2 Å². The summed E-state index contributed by atoms with van der Waals surface area (Å²) in [5, 5.41) is 11.2. The molecule has 4 heteroatoms. The molecule has 0 aromatic carbocycles. The van der Waals surface area contributed by atoms with Crippen molar-refractivity contribution >= 4 is 11.9 Å². The average Bonchev–Trinajstić information content (AvgIpc) is 2.54. The third-order valence-corrected chi connectivity index (χ3v) is 4.89. The molecule has 2 N–H and O–H groups in total. The first-order chi connectivity index (χ1) is 8.93. The van der Waals surface area contributed by atoms with Gasteiger partial charge in [-0.15, -0.1) is 0 Å². The summed E-state index contributed by atoms with van der Waals surface area (Å²) in [5.74, 6) is 1.93. The van der Waals surface area contributed by atoms with Crippen LogP contribution in [-0.2, 0) is 0 Å². The van der Waals surface area contributed by atoms with E-state index in [2.05, 4.69) is 33.0 Å². The van der Waals surface area contributed by atoms with Gasteiger partial charge in [0.25, 0.3) is 0 Å². The number of rotatable bonds is 3. The van der Waals surface area contributed by atoms with E-state index < -0.39 is 0 Å². The van der Waals surface area contributed by atoms with E-state index in [0.29, 0.717) is 23.6 Å². The summed E-state index contributed by atoms with van der Waals surface area (Å²) in [4.78, 5) is 14.2. The van der Waals surface area contributed by atoms with Gasteiger partial charge in [-0.1, -0.05) is 34.1 Å². The van der Waals surface area contributed by atoms with Crippen LogP contribution in [0.1, 0.15) is 53.4 Å². The summed E-state index contributed by atoms with van der Waals surface area (Å²) in [5.41, 5.74) is -0.362. The number of nitrogens with one attached hydrogen (secondary N) is 2. The fourth-order valence-electron chi connectivity index (χ4n) is 4.09. The molecule has 1 saturated heterocycles. The third kappa shape index (κ3) is 2.15. The van der Waals surface area contributed by atoms with Crippen LogP contribution < -0.4 is 5.32 Å². The Bertz CT molecular complexity index is 380. The Morgan fingerprint density at radius 1 is 1.47 bits per heavy atom. The molecule has 0 aromatic heterocycles. The molecule has 1 spiro atoms. The predicted octanol–water partition coefficient (Wildman–Crippen LogP) is 3.23. The van der Waals surface area contributed by atoms with Crippen molar-refractivity contribution in [1.29, 1.82) is 5.41 Å². The quantitative estimate of drug-likeness (QED) is 0.808. The second-order valence-electron chi connectivity index (χ2n) is 6.62. The number of carbonyl (C=O) groups excluding carboxylic acids is 1. The van der Waals surface area contributed by atoms with E-state index in [4.69, 9.17) is 5.41 Å². The van der Waals surface area contributed by atoms with Gasteiger partial charge in [-0.2, -0.15) is 0 Å². The number of amides is 2. The average molecular weight is 265 g/mol. The van der Waals surface area contributed by atoms with Gasteiger partial charge in [0.2, 0.25) is 0 Å². The van der Waals surface area contributed by atoms with Crippen LogP contribution in [0.3, 0.4) is 0 Å². The number of amidine groups is 1. The number of nitrogens with zero attached hydrogens (tertiary/aromatic N) is 1. The molecule has 108 valence electrons. The fraction of sp³-hybridized carbons (Fsp3) is 0.867. The molecule has 3 atom stereocenters. The Balaban J connectivity index is 2.42. The van der Waals surface area contributed by atoms with Crippen molar-refractivity contribution in [2.45, 2.75) is 58.9 Å². The van der Waals surface area contributed by atoms with Gasteiger partial charge in [0.15, 0.2) is 0 Å². The highest BCUT2D eigenvalue weighted by molar-refractivity contribution is 6.08. The van der Waals surface area contributed by atoms with Crippen LogP contribution in [0.4, 0.5) is 4.79 Å². The van der Waals surface area contributed by atoms with Crippen LogP contribution in [0.5, 0.6) is 0 Å². The van der Waals surface area contributed by atoms with Crippen molar-refractivity contribution in [3.8, 4) is 0 Å². The Morgan fingerprint density at radius 2 is 2.16 bits per heavy atom. The van der Waals surface area contributed by atoms with Gasteiger partial charge in [0.1, 0.15) is 11.4 Å². The van der Waals surface area contributed by atoms with Gasteiger partial charge in [-0.05, 0) is 37.0 Å². The van der Waals surface area contributed by atoms with Crippen molar-refractivity contribution in [3.63, 3.8) is 0 Å². The van der Waals surface area contributed by atoms with Gasteiger partial charge in [0, 0.05) is 6.54 Å². The second kappa shape index (κ2) is 5.14. The zero-order chi connectivity index (χ0) is 14.2. The minimum absolute atomic E-state index is 0.0633. The maximum atomic E-state index is 12.2. The molecule has 19 heavy (non-hydrogen) atoms. The molecule has 4 nitrogen and oxygen atoms in total. The van der Waals surface area contributed by atoms with Crippen LogP contribution in [0.25, 0.3) is 0 Å². The third-order valence-electron chi connectivity index (χ3n) is 4.89. The maximum Gasteiger partial charge on any atom is 0.323 e. The van der Waals surface area contributed by atoms with Crippen LogP contribution >= 0.6 is 0 Å². The van der Waals surface area contributed by atoms with Gasteiger partial charge < -0.3 is 4.90 Å². The number of hydrogen-bond donors (Lipinski definition) is 2. The van der Waals surface area contributed by atoms with E-state index in [9.17, 15) is 4.79 Å². The number of urea groups is 1. The highest BCUT2D eigenvalue weighted by Gasteiger charge is 2.57. The monoisotopic (exact) mass is 265 g/mol. The summed E-state index contributed by atoms with van der Waals surface area (Å²) in [6, 6.07) is -0.0633. The molecule has 1 heterocycles. The van der Waals surface area contributed by atoms with Gasteiger partial charge in [-0.25, -0.2) is 4.79 Å². The van der Waals surface area contributed by atoms with Gasteiger partial charge in [0.05, 0.1) is 0 Å². The molecule has 2 rings (SSSR count). The summed E-state index contributed by atoms with van der Waals surface area (Å²) >= 11 is 0. The SMILES string of the molecule is CCCN1C(=O)NC(=N)C12CC(C)CCC2C(C)C. The molecule has 1 aliphatic heterocycles. The van der Waals surface area contributed by atoms with Crippen LogP contribution in [-0.4, -0.2) is 28.9 Å². The molecule has 2 aliphatic rings. The Morgan fingerprint density at radius 3 is 2.74 bits per heavy atom. The van der Waals surface area contributed by atoms with Gasteiger partial charge in [-0.3, -0.25) is 10.7 Å². The van der Waals surface area contributed by atoms with E-state index >= 15 is 0 Å². The van der Waals surface area contributed by atoms with Crippen molar-refractivity contribution in [2.24, 2.45) is 17.8 Å². The zero-order valence-electron chi connectivity index (χ0n) is 12.6. The predicted molar refractivity (Wildman–Crippen MR) is 77.3 cm³/mol. The standard InChI is InChI=1S/C15H27N3O/c1-5-8-18-14(19)17-13(16)15(18)9-11(4)6-7-12(15)10(2)3/h10-12H,5-9H2,1-4H3,(H2,16,17,19). The Hall–Kier alpha value is -1.06. The number of hydrogen-bond acceptors (Lipinski definition) is 2. The lowest BCUT2D eigenvalue weighted by Crippen LogP contribution is -2.59. The summed E-state index contributed by atoms with van der Waals surface area (Å²) < 4.78 is 0. The molecular weight excluding hydrogens is 238 g/mol. The van der Waals surface area contributed by atoms with Crippen LogP contribution in [0.2, 0.25) is 0 Å². The van der Waals surface area contributed by atoms with E-state index in [1.165, 1.54) is 6.42 Å². The van der Waals surface area contributed by atoms with E-state index in [1.807, 2.05) is 4.90 Å². The molecule has 2 fully saturated rings. The molecule has 1 saturated carbocycles. The lowest BCUT2D eigenvalue weighted by molar-refractivity contribution is 0.0520. The zero-order valence-corrected chi connectivity index (χ0v) is 12.6. The highest BCUT2D eigenvalue weighted by Crippen LogP contribution is 2.47. The van der Waals surface area contributed by atoms with Crippen molar-refractivity contribution in [2.75, 3.05) is 6.54 Å². The van der Waals surface area contributed by atoms with Gasteiger partial charge >= 0.3 is 6.03 Å². The first kappa shape index (κ1) is 14.4. The van der Waals surface area contributed by atoms with Crippen LogP contribution in [0, 0.1) is 23.2 Å². The first-order valence-corrected chi connectivity index (χ1v) is 7.61. The minimum Gasteiger partial charge on any atom is -0.311 e. The van der Waals surface area contributed by atoms with Crippen molar-refractivity contribution in [1.82, 2.24) is 10.2 Å². The lowest BCUT2D eigenvalue weighted by atomic mass is 9.64. The smallest absolute Gasteiger partial charge is 0.311 e. The molecular formula is C15H27N3O. The molecule has 0 aromatic rings. The molecule has 2 amide bonds. The summed E-state index contributed by atoms with van der Waals surface area (Å²) in [7, 11) is 0. The minimum atomic E-state index is -0.362. The van der Waals surface area contributed by atoms with E-state index in [0.717, 1.165) is 25.8 Å². The Labute approximate surface area is 116 Å². The number of carbonyl (C=O) groups is 1. The molecule has 0 bridgehead atoms. The van der Waals surface area contributed by atoms with E-state index in [-0.39, 0.29) is 11.6 Å². The largest absolute Gasteiger partial charge is 0.323 e. The molecule has 3 unspecified atom stereocenters. The molecule has 0 radical (unpaired) electrons. The highest BCUT2D eigenvalue weighted by atomic mass is 16.2. The van der Waals surface area contributed by atoms with Crippen molar-refractivity contribution in [3.05, 3.63) is 0 Å². The van der Waals surface area contributed by atoms with Crippen LogP contribution in [0.15, 0.2) is 0 Å². The van der Waals surface area contributed by atoms with Crippen molar-refractivity contribution < 1.29 is 4.79 Å². The Kier molecular flexibility index (Phi) is 3.88. The molecule has 1 aliphatic carbocycles. The fourth-order valence-corrected chi connectivity index (χ4v) is 4.09. The van der Waals surface area contributed by atoms with E-state index in [1.54, 1.807) is 0 Å². The normalized spacial score (nSPS) is 35.3.